The van der Waals surface area contributed by atoms with Gasteiger partial charge in [0, 0.05) is 34.8 Å². The molecular weight excluding hydrogens is 284 g/mol. The third-order valence-corrected chi connectivity index (χ3v) is 3.76. The molecule has 0 fully saturated rings. The molecule has 0 saturated heterocycles. The molecule has 0 radical (unpaired) electrons. The number of carbonyl (C=O) groups excluding carboxylic acids is 1. The topological polar surface area (TPSA) is 53.4 Å². The van der Waals surface area contributed by atoms with E-state index in [0.29, 0.717) is 13.0 Å². The standard InChI is InChI=1S/C16H16N2O2S/c1-18(16(20)10-14-6-2-3-7-17-14)11-15-9-13(12-21-15)5-4-8-19/h2-3,6-7,9,12,19H,8,10-11H2,1H3. The zero-order valence-corrected chi connectivity index (χ0v) is 12.6. The van der Waals surface area contributed by atoms with Gasteiger partial charge in [-0.2, -0.15) is 0 Å². The molecule has 0 aromatic carbocycles. The second kappa shape index (κ2) is 7.58. The summed E-state index contributed by atoms with van der Waals surface area (Å²) in [4.78, 5) is 19.0. The molecule has 4 nitrogen and oxygen atoms in total. The Morgan fingerprint density at radius 1 is 1.48 bits per heavy atom. The number of pyridine rings is 1. The largest absolute Gasteiger partial charge is 0.384 e. The average molecular weight is 300 g/mol. The van der Waals surface area contributed by atoms with E-state index in [0.717, 1.165) is 16.1 Å². The monoisotopic (exact) mass is 300 g/mol. The van der Waals surface area contributed by atoms with Gasteiger partial charge in [0.15, 0.2) is 0 Å². The Balaban J connectivity index is 1.93. The van der Waals surface area contributed by atoms with E-state index in [2.05, 4.69) is 16.8 Å². The van der Waals surface area contributed by atoms with Crippen molar-refractivity contribution in [3.05, 3.63) is 52.0 Å². The highest BCUT2D eigenvalue weighted by Crippen LogP contribution is 2.16. The van der Waals surface area contributed by atoms with Crippen molar-refractivity contribution in [3.8, 4) is 11.8 Å². The van der Waals surface area contributed by atoms with E-state index >= 15 is 0 Å². The molecule has 2 heterocycles. The van der Waals surface area contributed by atoms with Crippen LogP contribution in [-0.2, 0) is 17.8 Å². The van der Waals surface area contributed by atoms with Gasteiger partial charge in [-0.05, 0) is 18.2 Å². The van der Waals surface area contributed by atoms with Crippen LogP contribution in [-0.4, -0.2) is 34.6 Å². The van der Waals surface area contributed by atoms with Gasteiger partial charge in [-0.1, -0.05) is 17.9 Å². The molecule has 0 aliphatic rings. The normalized spacial score (nSPS) is 9.81. The summed E-state index contributed by atoms with van der Waals surface area (Å²) in [5.74, 6) is 5.50. The van der Waals surface area contributed by atoms with Crippen LogP contribution in [0.5, 0.6) is 0 Å². The molecule has 0 aliphatic carbocycles. The van der Waals surface area contributed by atoms with Gasteiger partial charge in [-0.25, -0.2) is 0 Å². The van der Waals surface area contributed by atoms with Crippen molar-refractivity contribution in [3.63, 3.8) is 0 Å². The summed E-state index contributed by atoms with van der Waals surface area (Å²) in [6.45, 7) is 0.408. The fraction of sp³-hybridized carbons (Fsp3) is 0.250. The van der Waals surface area contributed by atoms with Gasteiger partial charge in [0.2, 0.25) is 5.91 Å². The van der Waals surface area contributed by atoms with Crippen LogP contribution in [0.4, 0.5) is 0 Å². The fourth-order valence-electron chi connectivity index (χ4n) is 1.79. The van der Waals surface area contributed by atoms with E-state index in [1.165, 1.54) is 0 Å². The highest BCUT2D eigenvalue weighted by Gasteiger charge is 2.11. The number of hydrogen-bond acceptors (Lipinski definition) is 4. The number of rotatable bonds is 4. The number of aliphatic hydroxyl groups is 1. The van der Waals surface area contributed by atoms with Crippen molar-refractivity contribution in [1.82, 2.24) is 9.88 Å². The number of hydrogen-bond donors (Lipinski definition) is 1. The lowest BCUT2D eigenvalue weighted by Crippen LogP contribution is -2.27. The maximum Gasteiger partial charge on any atom is 0.228 e. The molecule has 21 heavy (non-hydrogen) atoms. The Morgan fingerprint density at radius 3 is 3.05 bits per heavy atom. The molecule has 0 aliphatic heterocycles. The molecule has 108 valence electrons. The number of aromatic nitrogens is 1. The third-order valence-electron chi connectivity index (χ3n) is 2.84. The number of amides is 1. The number of likely N-dealkylation sites (N-methyl/N-ethyl adjacent to an activating group) is 1. The maximum atomic E-state index is 12.1. The smallest absolute Gasteiger partial charge is 0.228 e. The number of thiophene rings is 1. The van der Waals surface area contributed by atoms with E-state index in [1.807, 2.05) is 29.6 Å². The Kier molecular flexibility index (Phi) is 5.50. The van der Waals surface area contributed by atoms with Crippen molar-refractivity contribution in [1.29, 1.82) is 0 Å². The lowest BCUT2D eigenvalue weighted by Gasteiger charge is -2.15. The molecular formula is C16H16N2O2S. The third kappa shape index (κ3) is 4.71. The van der Waals surface area contributed by atoms with E-state index in [1.54, 1.807) is 29.5 Å². The van der Waals surface area contributed by atoms with Crippen molar-refractivity contribution in [2.45, 2.75) is 13.0 Å². The van der Waals surface area contributed by atoms with Gasteiger partial charge in [0.1, 0.15) is 6.61 Å². The van der Waals surface area contributed by atoms with Crippen LogP contribution < -0.4 is 0 Å². The van der Waals surface area contributed by atoms with E-state index in [4.69, 9.17) is 5.11 Å². The van der Waals surface area contributed by atoms with Crippen LogP contribution in [0.1, 0.15) is 16.1 Å². The molecule has 0 unspecified atom stereocenters. The Hall–Kier alpha value is -2.16. The second-order valence-corrected chi connectivity index (χ2v) is 5.51. The number of aliphatic hydroxyl groups excluding tert-OH is 1. The van der Waals surface area contributed by atoms with Gasteiger partial charge < -0.3 is 10.0 Å². The molecule has 1 amide bonds. The SMILES string of the molecule is CN(Cc1cc(C#CCO)cs1)C(=O)Cc1ccccn1. The van der Waals surface area contributed by atoms with Crippen LogP contribution in [0.15, 0.2) is 35.8 Å². The van der Waals surface area contributed by atoms with Crippen LogP contribution in [0.2, 0.25) is 0 Å². The maximum absolute atomic E-state index is 12.1. The molecule has 1 N–H and O–H groups in total. The van der Waals surface area contributed by atoms with Crippen molar-refractivity contribution >= 4 is 17.2 Å². The van der Waals surface area contributed by atoms with E-state index in [9.17, 15) is 4.79 Å². The molecule has 2 aromatic rings. The van der Waals surface area contributed by atoms with Crippen molar-refractivity contribution < 1.29 is 9.90 Å². The van der Waals surface area contributed by atoms with Gasteiger partial charge in [-0.15, -0.1) is 11.3 Å². The molecule has 2 rings (SSSR count). The van der Waals surface area contributed by atoms with Crippen LogP contribution in [0, 0.1) is 11.8 Å². The van der Waals surface area contributed by atoms with Crippen molar-refractivity contribution in [2.24, 2.45) is 0 Å². The molecule has 0 spiro atoms. The predicted molar refractivity (Wildman–Crippen MR) is 82.7 cm³/mol. The average Bonchev–Trinajstić information content (AvgIpc) is 2.93. The van der Waals surface area contributed by atoms with Gasteiger partial charge in [0.25, 0.3) is 0 Å². The zero-order chi connectivity index (χ0) is 15.1. The van der Waals surface area contributed by atoms with Crippen LogP contribution >= 0.6 is 11.3 Å². The first-order chi connectivity index (χ1) is 10.2. The summed E-state index contributed by atoms with van der Waals surface area (Å²) in [6, 6.07) is 7.50. The second-order valence-electron chi connectivity index (χ2n) is 4.51. The summed E-state index contributed by atoms with van der Waals surface area (Å²) < 4.78 is 0. The first-order valence-corrected chi connectivity index (χ1v) is 7.38. The van der Waals surface area contributed by atoms with Crippen molar-refractivity contribution in [2.75, 3.05) is 13.7 Å². The Bertz CT molecular complexity index is 656. The Labute approximate surface area is 128 Å². The molecule has 0 bridgehead atoms. The molecule has 0 atom stereocenters. The predicted octanol–water partition coefficient (Wildman–Crippen LogP) is 1.69. The Morgan fingerprint density at radius 2 is 2.33 bits per heavy atom. The minimum absolute atomic E-state index is 0.0325. The number of carbonyl (C=O) groups is 1. The molecule has 2 aromatic heterocycles. The lowest BCUT2D eigenvalue weighted by molar-refractivity contribution is -0.129. The zero-order valence-electron chi connectivity index (χ0n) is 11.7. The summed E-state index contributed by atoms with van der Waals surface area (Å²) >= 11 is 1.56. The summed E-state index contributed by atoms with van der Waals surface area (Å²) in [5.41, 5.74) is 1.64. The quantitative estimate of drug-likeness (QED) is 0.874. The summed E-state index contributed by atoms with van der Waals surface area (Å²) in [5, 5.41) is 10.6. The minimum Gasteiger partial charge on any atom is -0.384 e. The highest BCUT2D eigenvalue weighted by molar-refractivity contribution is 7.10. The van der Waals surface area contributed by atoms with Crippen LogP contribution in [0.3, 0.4) is 0 Å². The highest BCUT2D eigenvalue weighted by atomic mass is 32.1. The minimum atomic E-state index is -0.145. The lowest BCUT2D eigenvalue weighted by atomic mass is 10.2. The van der Waals surface area contributed by atoms with Gasteiger partial charge >= 0.3 is 0 Å². The fourth-order valence-corrected chi connectivity index (χ4v) is 2.65. The van der Waals surface area contributed by atoms with Gasteiger partial charge in [0.05, 0.1) is 13.0 Å². The van der Waals surface area contributed by atoms with Crippen LogP contribution in [0.25, 0.3) is 0 Å². The first kappa shape index (κ1) is 15.2. The first-order valence-electron chi connectivity index (χ1n) is 6.50. The van der Waals surface area contributed by atoms with E-state index < -0.39 is 0 Å². The summed E-state index contributed by atoms with van der Waals surface area (Å²) in [7, 11) is 1.78. The molecule has 5 heteroatoms. The van der Waals surface area contributed by atoms with E-state index in [-0.39, 0.29) is 12.5 Å². The number of nitrogens with zero attached hydrogens (tertiary/aromatic N) is 2. The molecule has 0 saturated carbocycles. The summed E-state index contributed by atoms with van der Waals surface area (Å²) in [6.07, 6.45) is 1.99. The van der Waals surface area contributed by atoms with Gasteiger partial charge in [-0.3, -0.25) is 9.78 Å².